The first-order valence-electron chi connectivity index (χ1n) is 10.5. The van der Waals surface area contributed by atoms with Crippen LogP contribution in [-0.2, 0) is 0 Å². The van der Waals surface area contributed by atoms with E-state index in [1.807, 2.05) is 0 Å². The van der Waals surface area contributed by atoms with Crippen LogP contribution in [0.25, 0.3) is 0 Å². The molecule has 0 saturated carbocycles. The molecule has 0 aromatic heterocycles. The molecular formula is C26H26Cl2N4O4. The van der Waals surface area contributed by atoms with Crippen molar-refractivity contribution in [3.05, 3.63) is 82.8 Å². The molecule has 0 heterocycles. The van der Waals surface area contributed by atoms with Gasteiger partial charge in [-0.3, -0.25) is 0 Å². The van der Waals surface area contributed by atoms with Crippen molar-refractivity contribution in [3.63, 3.8) is 0 Å². The van der Waals surface area contributed by atoms with Gasteiger partial charge in [0.15, 0.2) is 0 Å². The Morgan fingerprint density at radius 3 is 1.08 bits per heavy atom. The molecule has 0 fully saturated rings. The summed E-state index contributed by atoms with van der Waals surface area (Å²) in [6, 6.07) is 20.5. The summed E-state index contributed by atoms with van der Waals surface area (Å²) in [5, 5.41) is 0.896. The third kappa shape index (κ3) is 6.94. The zero-order valence-corrected chi connectivity index (χ0v) is 21.1. The first-order valence-corrected chi connectivity index (χ1v) is 11.3. The number of halogens is 2. The van der Waals surface area contributed by atoms with E-state index >= 15 is 0 Å². The second-order valence-electron chi connectivity index (χ2n) is 7.38. The molecule has 4 aromatic rings. The molecule has 0 aliphatic carbocycles. The summed E-state index contributed by atoms with van der Waals surface area (Å²) in [6.07, 6.45) is 0. The summed E-state index contributed by atoms with van der Waals surface area (Å²) in [6.45, 7) is 0. The predicted molar refractivity (Wildman–Crippen MR) is 147 cm³/mol. The van der Waals surface area contributed by atoms with Gasteiger partial charge in [0.05, 0.1) is 47.0 Å². The van der Waals surface area contributed by atoms with Crippen molar-refractivity contribution in [3.8, 4) is 34.5 Å². The van der Waals surface area contributed by atoms with E-state index in [1.54, 1.807) is 87.0 Å². The molecule has 188 valence electrons. The SMILES string of the molecule is COc1cc(Oc2ccc(N)c(OC)c2)ccc1N.Nc1ccc(Oc2ccc(N)c(Cl)c2)cc1Cl. The van der Waals surface area contributed by atoms with E-state index in [9.17, 15) is 0 Å². The molecule has 8 N–H and O–H groups in total. The van der Waals surface area contributed by atoms with Crippen LogP contribution in [0.5, 0.6) is 34.5 Å². The minimum absolute atomic E-state index is 0.448. The number of nitrogen functional groups attached to an aromatic ring is 4. The Kier molecular flexibility index (Phi) is 8.83. The van der Waals surface area contributed by atoms with E-state index in [4.69, 9.17) is 65.1 Å². The van der Waals surface area contributed by atoms with Crippen LogP contribution >= 0.6 is 23.2 Å². The second-order valence-corrected chi connectivity index (χ2v) is 8.19. The van der Waals surface area contributed by atoms with Gasteiger partial charge in [0, 0.05) is 24.3 Å². The fourth-order valence-electron chi connectivity index (χ4n) is 2.92. The van der Waals surface area contributed by atoms with Crippen molar-refractivity contribution in [1.82, 2.24) is 0 Å². The van der Waals surface area contributed by atoms with Crippen LogP contribution in [0.1, 0.15) is 0 Å². The van der Waals surface area contributed by atoms with Crippen LogP contribution < -0.4 is 41.9 Å². The normalized spacial score (nSPS) is 10.1. The van der Waals surface area contributed by atoms with Crippen LogP contribution in [-0.4, -0.2) is 14.2 Å². The van der Waals surface area contributed by atoms with E-state index in [2.05, 4.69) is 0 Å². The number of nitrogens with two attached hydrogens (primary N) is 4. The van der Waals surface area contributed by atoms with Crippen LogP contribution in [0.15, 0.2) is 72.8 Å². The molecule has 0 aliphatic rings. The Morgan fingerprint density at radius 2 is 0.778 bits per heavy atom. The summed E-state index contributed by atoms with van der Waals surface area (Å²) >= 11 is 11.8. The zero-order valence-electron chi connectivity index (χ0n) is 19.6. The van der Waals surface area contributed by atoms with Crippen LogP contribution in [0.3, 0.4) is 0 Å². The van der Waals surface area contributed by atoms with Crippen LogP contribution in [0, 0.1) is 0 Å². The summed E-state index contributed by atoms with van der Waals surface area (Å²) in [5.41, 5.74) is 24.8. The molecule has 0 spiro atoms. The highest BCUT2D eigenvalue weighted by Gasteiger charge is 2.06. The van der Waals surface area contributed by atoms with Crippen molar-refractivity contribution < 1.29 is 18.9 Å². The molecule has 4 aromatic carbocycles. The molecule has 36 heavy (non-hydrogen) atoms. The van der Waals surface area contributed by atoms with Crippen molar-refractivity contribution in [2.45, 2.75) is 0 Å². The molecule has 0 saturated heterocycles. The van der Waals surface area contributed by atoms with Gasteiger partial charge >= 0.3 is 0 Å². The Morgan fingerprint density at radius 1 is 0.472 bits per heavy atom. The quantitative estimate of drug-likeness (QED) is 0.205. The fourth-order valence-corrected chi connectivity index (χ4v) is 3.27. The molecule has 0 radical (unpaired) electrons. The maximum Gasteiger partial charge on any atom is 0.145 e. The molecular weight excluding hydrogens is 503 g/mol. The van der Waals surface area contributed by atoms with Gasteiger partial charge in [0.1, 0.15) is 34.5 Å². The third-order valence-electron chi connectivity index (χ3n) is 4.83. The number of hydrogen-bond donors (Lipinski definition) is 4. The smallest absolute Gasteiger partial charge is 0.145 e. The predicted octanol–water partition coefficient (Wildman–Crippen LogP) is 6.61. The topological polar surface area (TPSA) is 141 Å². The molecule has 0 bridgehead atoms. The first-order chi connectivity index (χ1) is 17.2. The van der Waals surface area contributed by atoms with E-state index in [0.717, 1.165) is 0 Å². The molecule has 10 heteroatoms. The summed E-state index contributed by atoms with van der Waals surface area (Å²) < 4.78 is 21.5. The molecule has 0 aliphatic heterocycles. The summed E-state index contributed by atoms with van der Waals surface area (Å²) in [5.74, 6) is 3.56. The number of rotatable bonds is 6. The van der Waals surface area contributed by atoms with Gasteiger partial charge in [-0.15, -0.1) is 0 Å². The zero-order chi connectivity index (χ0) is 26.2. The number of anilines is 4. The lowest BCUT2D eigenvalue weighted by Gasteiger charge is -2.11. The Hall–Kier alpha value is -4.14. The van der Waals surface area contributed by atoms with Crippen molar-refractivity contribution in [2.75, 3.05) is 37.2 Å². The van der Waals surface area contributed by atoms with Crippen molar-refractivity contribution in [1.29, 1.82) is 0 Å². The Bertz CT molecular complexity index is 1250. The summed E-state index contributed by atoms with van der Waals surface area (Å²) in [7, 11) is 3.11. The van der Waals surface area contributed by atoms with Gasteiger partial charge in [-0.05, 0) is 48.5 Å². The first kappa shape index (κ1) is 26.5. The average molecular weight is 529 g/mol. The fraction of sp³-hybridized carbons (Fsp3) is 0.0769. The lowest BCUT2D eigenvalue weighted by atomic mass is 10.2. The molecule has 4 rings (SSSR count). The molecule has 0 atom stereocenters. The van der Waals surface area contributed by atoms with Gasteiger partial charge in [0.25, 0.3) is 0 Å². The van der Waals surface area contributed by atoms with Crippen molar-refractivity contribution >= 4 is 46.0 Å². The number of benzene rings is 4. The highest BCUT2D eigenvalue weighted by atomic mass is 35.5. The van der Waals surface area contributed by atoms with E-state index in [0.29, 0.717) is 67.3 Å². The molecule has 0 amide bonds. The standard InChI is InChI=1S/C14H16N2O3.C12H10Cl2N2O/c1-17-13-7-9(3-5-11(13)15)19-10-4-6-12(16)14(8-10)18-2;13-9-5-7(1-3-11(9)15)17-8-2-4-12(16)10(14)6-8/h3-8H,15-16H2,1-2H3;1-6H,15-16H2. The van der Waals surface area contributed by atoms with Crippen molar-refractivity contribution in [2.24, 2.45) is 0 Å². The van der Waals surface area contributed by atoms with Gasteiger partial charge in [-0.2, -0.15) is 0 Å². The van der Waals surface area contributed by atoms with Gasteiger partial charge < -0.3 is 41.9 Å². The van der Waals surface area contributed by atoms with E-state index in [1.165, 1.54) is 0 Å². The van der Waals surface area contributed by atoms with E-state index < -0.39 is 0 Å². The van der Waals surface area contributed by atoms with Gasteiger partial charge in [-0.1, -0.05) is 23.2 Å². The van der Waals surface area contributed by atoms with Crippen LogP contribution in [0.2, 0.25) is 10.0 Å². The Balaban J connectivity index is 0.000000202. The molecule has 8 nitrogen and oxygen atoms in total. The second kappa shape index (κ2) is 12.0. The monoisotopic (exact) mass is 528 g/mol. The highest BCUT2D eigenvalue weighted by Crippen LogP contribution is 2.33. The maximum atomic E-state index is 5.89. The van der Waals surface area contributed by atoms with E-state index in [-0.39, 0.29) is 0 Å². The minimum atomic E-state index is 0.448. The lowest BCUT2D eigenvalue weighted by molar-refractivity contribution is 0.406. The third-order valence-corrected chi connectivity index (χ3v) is 5.48. The number of ether oxygens (including phenoxy) is 4. The summed E-state index contributed by atoms with van der Waals surface area (Å²) in [4.78, 5) is 0. The van der Waals surface area contributed by atoms with Crippen LogP contribution in [0.4, 0.5) is 22.7 Å². The average Bonchev–Trinajstić information content (AvgIpc) is 2.86. The van der Waals surface area contributed by atoms with Gasteiger partial charge in [-0.25, -0.2) is 0 Å². The maximum absolute atomic E-state index is 5.89. The highest BCUT2D eigenvalue weighted by molar-refractivity contribution is 6.33. The minimum Gasteiger partial charge on any atom is -0.494 e. The molecule has 0 unspecified atom stereocenters. The Labute approximate surface area is 219 Å². The largest absolute Gasteiger partial charge is 0.494 e. The number of hydrogen-bond acceptors (Lipinski definition) is 8. The number of methoxy groups -OCH3 is 2. The lowest BCUT2D eigenvalue weighted by Crippen LogP contribution is -1.94. The van der Waals surface area contributed by atoms with Gasteiger partial charge in [0.2, 0.25) is 0 Å².